The maximum Gasteiger partial charge on any atom is 0.304 e. The molecule has 0 aromatic carbocycles. The van der Waals surface area contributed by atoms with Crippen LogP contribution in [-0.2, 0) is 4.79 Å². The van der Waals surface area contributed by atoms with Crippen LogP contribution in [0.3, 0.4) is 0 Å². The highest BCUT2D eigenvalue weighted by atomic mass is 35.5. The van der Waals surface area contributed by atoms with Gasteiger partial charge >= 0.3 is 5.97 Å². The zero-order valence-corrected chi connectivity index (χ0v) is 8.36. The first-order valence-corrected chi connectivity index (χ1v) is 4.81. The second-order valence-corrected chi connectivity index (χ2v) is 4.20. The van der Waals surface area contributed by atoms with Crippen LogP contribution in [0.15, 0.2) is 6.20 Å². The minimum Gasteiger partial charge on any atom is -0.481 e. The zero-order valence-electron chi connectivity index (χ0n) is 6.78. The lowest BCUT2D eigenvalue weighted by Crippen LogP contribution is -2.12. The standard InChI is InChI=1S/C7H6ClF2NO2S/c8-7-11-2-4(14-7)3(6(9)10)1-5(12)13/h2-3,6H,1H2,(H,12,13). The number of carbonyl (C=O) groups is 1. The molecule has 1 heterocycles. The van der Waals surface area contributed by atoms with Crippen LogP contribution >= 0.6 is 22.9 Å². The normalized spacial score (nSPS) is 13.1. The second kappa shape index (κ2) is 4.65. The Kier molecular flexibility index (Phi) is 3.77. The third-order valence-corrected chi connectivity index (χ3v) is 2.81. The molecule has 0 spiro atoms. The van der Waals surface area contributed by atoms with Crippen molar-refractivity contribution in [1.82, 2.24) is 4.98 Å². The molecule has 7 heteroatoms. The van der Waals surface area contributed by atoms with Crippen LogP contribution in [0.25, 0.3) is 0 Å². The van der Waals surface area contributed by atoms with Gasteiger partial charge in [-0.1, -0.05) is 11.6 Å². The molecule has 0 aliphatic carbocycles. The molecule has 78 valence electrons. The predicted octanol–water partition coefficient (Wildman–Crippen LogP) is 2.62. The Balaban J connectivity index is 2.82. The molecule has 0 fully saturated rings. The van der Waals surface area contributed by atoms with Gasteiger partial charge in [-0.15, -0.1) is 11.3 Å². The largest absolute Gasteiger partial charge is 0.481 e. The van der Waals surface area contributed by atoms with Crippen molar-refractivity contribution in [3.05, 3.63) is 15.5 Å². The number of hydrogen-bond donors (Lipinski definition) is 1. The molecule has 0 saturated heterocycles. The van der Waals surface area contributed by atoms with E-state index < -0.39 is 24.7 Å². The first-order valence-electron chi connectivity index (χ1n) is 3.62. The quantitative estimate of drug-likeness (QED) is 0.882. The summed E-state index contributed by atoms with van der Waals surface area (Å²) in [7, 11) is 0. The Labute approximate surface area is 87.3 Å². The summed E-state index contributed by atoms with van der Waals surface area (Å²) in [6.45, 7) is 0. The summed E-state index contributed by atoms with van der Waals surface area (Å²) in [5.74, 6) is -2.59. The fourth-order valence-electron chi connectivity index (χ4n) is 0.938. The van der Waals surface area contributed by atoms with E-state index in [9.17, 15) is 13.6 Å². The number of halogens is 3. The molecule has 0 aliphatic rings. The maximum absolute atomic E-state index is 12.4. The molecule has 0 amide bonds. The number of hydrogen-bond acceptors (Lipinski definition) is 3. The Bertz CT molecular complexity index is 331. The molecule has 0 aliphatic heterocycles. The molecular formula is C7H6ClF2NO2S. The second-order valence-electron chi connectivity index (χ2n) is 2.55. The van der Waals surface area contributed by atoms with E-state index >= 15 is 0 Å². The predicted molar refractivity (Wildman–Crippen MR) is 48.1 cm³/mol. The van der Waals surface area contributed by atoms with Gasteiger partial charge in [0.05, 0.1) is 12.3 Å². The van der Waals surface area contributed by atoms with Gasteiger partial charge in [0.2, 0.25) is 6.43 Å². The van der Waals surface area contributed by atoms with E-state index in [0.29, 0.717) is 0 Å². The molecule has 1 aromatic heterocycles. The Morgan fingerprint density at radius 3 is 2.71 bits per heavy atom. The molecule has 1 unspecified atom stereocenters. The van der Waals surface area contributed by atoms with Gasteiger partial charge in [0.1, 0.15) is 0 Å². The van der Waals surface area contributed by atoms with Crippen molar-refractivity contribution in [1.29, 1.82) is 0 Å². The molecule has 1 rings (SSSR count). The minimum absolute atomic E-state index is 0.135. The zero-order chi connectivity index (χ0) is 10.7. The third kappa shape index (κ3) is 2.88. The van der Waals surface area contributed by atoms with Gasteiger partial charge in [0.25, 0.3) is 0 Å². The average molecular weight is 242 g/mol. The number of carboxylic acids is 1. The first-order chi connectivity index (χ1) is 6.50. The first kappa shape index (κ1) is 11.3. The van der Waals surface area contributed by atoms with Crippen LogP contribution in [0.2, 0.25) is 4.47 Å². The molecule has 0 saturated carbocycles. The highest BCUT2D eigenvalue weighted by molar-refractivity contribution is 7.15. The Morgan fingerprint density at radius 1 is 1.71 bits per heavy atom. The van der Waals surface area contributed by atoms with E-state index in [2.05, 4.69) is 4.98 Å². The lowest BCUT2D eigenvalue weighted by Gasteiger charge is -2.10. The van der Waals surface area contributed by atoms with Crippen LogP contribution in [0.4, 0.5) is 8.78 Å². The van der Waals surface area contributed by atoms with E-state index in [1.807, 2.05) is 0 Å². The monoisotopic (exact) mass is 241 g/mol. The van der Waals surface area contributed by atoms with E-state index in [0.717, 1.165) is 11.3 Å². The van der Waals surface area contributed by atoms with Gasteiger partial charge in [0.15, 0.2) is 4.47 Å². The number of aromatic nitrogens is 1. The van der Waals surface area contributed by atoms with E-state index in [-0.39, 0.29) is 9.34 Å². The molecule has 0 radical (unpaired) electrons. The summed E-state index contributed by atoms with van der Waals surface area (Å²) < 4.78 is 25.0. The highest BCUT2D eigenvalue weighted by Crippen LogP contribution is 2.32. The topological polar surface area (TPSA) is 50.2 Å². The van der Waals surface area contributed by atoms with Crippen LogP contribution in [0.5, 0.6) is 0 Å². The molecule has 1 N–H and O–H groups in total. The van der Waals surface area contributed by atoms with Gasteiger partial charge < -0.3 is 5.11 Å². The van der Waals surface area contributed by atoms with Crippen molar-refractivity contribution in [2.24, 2.45) is 0 Å². The van der Waals surface area contributed by atoms with Crippen molar-refractivity contribution in [2.45, 2.75) is 18.8 Å². The summed E-state index contributed by atoms with van der Waals surface area (Å²) in [6.07, 6.45) is -2.15. The lowest BCUT2D eigenvalue weighted by atomic mass is 10.1. The molecule has 0 bridgehead atoms. The van der Waals surface area contributed by atoms with Crippen molar-refractivity contribution in [2.75, 3.05) is 0 Å². The summed E-state index contributed by atoms with van der Waals surface area (Å²) in [5.41, 5.74) is 0. The van der Waals surface area contributed by atoms with Crippen molar-refractivity contribution < 1.29 is 18.7 Å². The van der Waals surface area contributed by atoms with Crippen LogP contribution < -0.4 is 0 Å². The van der Waals surface area contributed by atoms with Crippen molar-refractivity contribution in [3.8, 4) is 0 Å². The van der Waals surface area contributed by atoms with E-state index in [1.165, 1.54) is 6.20 Å². The van der Waals surface area contributed by atoms with Gasteiger partial charge in [-0.2, -0.15) is 0 Å². The number of rotatable bonds is 4. The molecule has 3 nitrogen and oxygen atoms in total. The number of alkyl halides is 2. The van der Waals surface area contributed by atoms with Gasteiger partial charge in [-0.3, -0.25) is 4.79 Å². The SMILES string of the molecule is O=C(O)CC(c1cnc(Cl)s1)C(F)F. The smallest absolute Gasteiger partial charge is 0.304 e. The van der Waals surface area contributed by atoms with E-state index in [4.69, 9.17) is 16.7 Å². The van der Waals surface area contributed by atoms with Gasteiger partial charge in [0, 0.05) is 11.1 Å². The highest BCUT2D eigenvalue weighted by Gasteiger charge is 2.27. The number of carboxylic acid groups (broad SMARTS) is 1. The van der Waals surface area contributed by atoms with Gasteiger partial charge in [-0.05, 0) is 0 Å². The maximum atomic E-state index is 12.4. The summed E-state index contributed by atoms with van der Waals surface area (Å²) in [6, 6.07) is 0. The summed E-state index contributed by atoms with van der Waals surface area (Å²) in [5, 5.41) is 8.42. The molecule has 14 heavy (non-hydrogen) atoms. The van der Waals surface area contributed by atoms with Crippen LogP contribution in [0.1, 0.15) is 17.2 Å². The molecule has 1 atom stereocenters. The van der Waals surface area contributed by atoms with Gasteiger partial charge in [-0.25, -0.2) is 13.8 Å². The molecule has 1 aromatic rings. The lowest BCUT2D eigenvalue weighted by molar-refractivity contribution is -0.138. The third-order valence-electron chi connectivity index (χ3n) is 1.56. The summed E-state index contributed by atoms with van der Waals surface area (Å²) in [4.78, 5) is 14.1. The average Bonchev–Trinajstić information content (AvgIpc) is 2.46. The minimum atomic E-state index is -2.72. The number of nitrogens with zero attached hydrogens (tertiary/aromatic N) is 1. The van der Waals surface area contributed by atoms with Crippen molar-refractivity contribution in [3.63, 3.8) is 0 Å². The van der Waals surface area contributed by atoms with Crippen LogP contribution in [0, 0.1) is 0 Å². The fraction of sp³-hybridized carbons (Fsp3) is 0.429. The Hall–Kier alpha value is -0.750. The summed E-state index contributed by atoms with van der Waals surface area (Å²) >= 11 is 6.34. The van der Waals surface area contributed by atoms with Crippen LogP contribution in [-0.4, -0.2) is 22.5 Å². The van der Waals surface area contributed by atoms with E-state index in [1.54, 1.807) is 0 Å². The number of thiazole rings is 1. The Morgan fingerprint density at radius 2 is 2.36 bits per heavy atom. The number of aliphatic carboxylic acids is 1. The fourth-order valence-corrected chi connectivity index (χ4v) is 2.00. The van der Waals surface area contributed by atoms with Crippen molar-refractivity contribution >= 4 is 28.9 Å². The molecular weight excluding hydrogens is 236 g/mol.